The van der Waals surface area contributed by atoms with Crippen LogP contribution in [0.5, 0.6) is 0 Å². The van der Waals surface area contributed by atoms with Gasteiger partial charge >= 0.3 is 235 Å². The molecular weight excluding hydrogens is 583 g/mol. The number of hydrogen-bond donors (Lipinski definition) is 0. The molecule has 1 aliphatic carbocycles. The second kappa shape index (κ2) is 14.7. The molecule has 0 bridgehead atoms. The Bertz CT molecular complexity index is 771. The first-order valence-electron chi connectivity index (χ1n) is 14.7. The average molecular weight is 642 g/mol. The molecule has 1 atom stereocenters. The van der Waals surface area contributed by atoms with Crippen molar-refractivity contribution in [1.82, 2.24) is 0 Å². The Morgan fingerprint density at radius 2 is 1.41 bits per heavy atom. The minimum atomic E-state index is -2.70. The van der Waals surface area contributed by atoms with E-state index in [0.717, 1.165) is 6.42 Å². The molecule has 37 heavy (non-hydrogen) atoms. The van der Waals surface area contributed by atoms with Crippen LogP contribution >= 0.6 is 0 Å². The summed E-state index contributed by atoms with van der Waals surface area (Å²) in [4.78, 5) is 26.5. The van der Waals surface area contributed by atoms with Gasteiger partial charge in [0.25, 0.3) is 0 Å². The first kappa shape index (κ1) is 34.5. The van der Waals surface area contributed by atoms with E-state index in [9.17, 15) is 9.59 Å². The molecule has 1 aliphatic rings. The van der Waals surface area contributed by atoms with E-state index in [1.54, 1.807) is 0 Å². The molecule has 0 amide bonds. The number of ether oxygens (including phenoxy) is 2. The first-order valence-corrected chi connectivity index (χ1v) is 26.0. The van der Waals surface area contributed by atoms with E-state index in [2.05, 4.69) is 64.9 Å². The summed E-state index contributed by atoms with van der Waals surface area (Å²) < 4.78 is 17.4. The van der Waals surface area contributed by atoms with Crippen molar-refractivity contribution in [2.75, 3.05) is 14.2 Å². The molecule has 0 heterocycles. The normalized spacial score (nSPS) is 19.2. The molecule has 1 saturated carbocycles. The van der Waals surface area contributed by atoms with Crippen molar-refractivity contribution < 1.29 is 19.1 Å². The summed E-state index contributed by atoms with van der Waals surface area (Å²) in [5, 5.41) is 1.35. The van der Waals surface area contributed by atoms with Gasteiger partial charge in [0.2, 0.25) is 0 Å². The van der Waals surface area contributed by atoms with E-state index in [1.165, 1.54) is 76.8 Å². The molecule has 214 valence electrons. The van der Waals surface area contributed by atoms with Gasteiger partial charge in [0.1, 0.15) is 0 Å². The summed E-state index contributed by atoms with van der Waals surface area (Å²) >= 11 is -2.70. The summed E-state index contributed by atoms with van der Waals surface area (Å²) in [5.74, 6) is -0.743. The molecular formula is C31H58O4SiSn. The third kappa shape index (κ3) is 8.98. The van der Waals surface area contributed by atoms with Crippen molar-refractivity contribution in [2.45, 2.75) is 125 Å². The topological polar surface area (TPSA) is 52.6 Å². The van der Waals surface area contributed by atoms with Gasteiger partial charge in [-0.2, -0.15) is 0 Å². The van der Waals surface area contributed by atoms with Gasteiger partial charge in [0.15, 0.2) is 0 Å². The zero-order valence-corrected chi connectivity index (χ0v) is 29.8. The SMILES string of the molecule is C=C(CC(C)(C)C1CC(C(=O)OC)(C(=O)OC)C/C1=[CH]\[Sn]([CH2]CCC)([CH2]CCC)[CH2]CCC)[Si](C)(C)C. The number of esters is 2. The molecule has 0 aliphatic heterocycles. The zero-order chi connectivity index (χ0) is 28.5. The number of unbranched alkanes of at least 4 members (excludes halogenated alkanes) is 3. The molecule has 0 aromatic carbocycles. The number of hydrogen-bond acceptors (Lipinski definition) is 4. The van der Waals surface area contributed by atoms with Crippen LogP contribution in [0.25, 0.3) is 0 Å². The third-order valence-electron chi connectivity index (χ3n) is 8.91. The number of rotatable bonds is 16. The van der Waals surface area contributed by atoms with E-state index in [-0.39, 0.29) is 11.3 Å². The Hall–Kier alpha value is -0.564. The summed E-state index contributed by atoms with van der Waals surface area (Å²) in [6, 6.07) is 0. The van der Waals surface area contributed by atoms with Gasteiger partial charge in [0.05, 0.1) is 0 Å². The van der Waals surface area contributed by atoms with Crippen molar-refractivity contribution in [3.05, 3.63) is 21.4 Å². The molecule has 4 nitrogen and oxygen atoms in total. The molecule has 0 saturated heterocycles. The first-order chi connectivity index (χ1) is 17.2. The molecule has 0 spiro atoms. The van der Waals surface area contributed by atoms with Gasteiger partial charge < -0.3 is 0 Å². The number of allylic oxidation sites excluding steroid dienone is 2. The van der Waals surface area contributed by atoms with Crippen LogP contribution in [0.3, 0.4) is 0 Å². The number of carbonyl (C=O) groups excluding carboxylic acids is 2. The van der Waals surface area contributed by atoms with Crippen molar-refractivity contribution in [3.8, 4) is 0 Å². The average Bonchev–Trinajstić information content (AvgIpc) is 3.24. The Labute approximate surface area is 234 Å². The van der Waals surface area contributed by atoms with E-state index in [4.69, 9.17) is 9.47 Å². The van der Waals surface area contributed by atoms with Crippen molar-refractivity contribution >= 4 is 38.4 Å². The Balaban J connectivity index is 3.78. The molecule has 0 N–H and O–H groups in total. The van der Waals surface area contributed by atoms with Crippen LogP contribution in [-0.2, 0) is 19.1 Å². The maximum atomic E-state index is 13.3. The molecule has 0 aromatic heterocycles. The molecule has 1 fully saturated rings. The van der Waals surface area contributed by atoms with E-state index in [0.29, 0.717) is 12.8 Å². The quantitative estimate of drug-likeness (QED) is 0.0960. The standard InChI is InChI=1S/C19H31O4Si.3C4H9.Sn/c1-13-10-19(16(20)22-5,17(21)23-6)12-15(13)18(3,4)11-14(2)24(7,8)9;3*1-3-4-2;/h1,15H,2,10-12H2,3-9H3;3*1,3-4H2,2H3;. The van der Waals surface area contributed by atoms with Gasteiger partial charge in [-0.05, 0) is 0 Å². The Kier molecular flexibility index (Phi) is 13.7. The molecule has 6 heteroatoms. The molecule has 0 radical (unpaired) electrons. The van der Waals surface area contributed by atoms with Crippen molar-refractivity contribution in [3.63, 3.8) is 0 Å². The predicted molar refractivity (Wildman–Crippen MR) is 163 cm³/mol. The van der Waals surface area contributed by atoms with Crippen LogP contribution in [0.2, 0.25) is 33.0 Å². The summed E-state index contributed by atoms with van der Waals surface area (Å²) in [5.41, 5.74) is 0.00355. The van der Waals surface area contributed by atoms with Crippen LogP contribution in [0.15, 0.2) is 21.4 Å². The Morgan fingerprint density at radius 3 is 1.76 bits per heavy atom. The fourth-order valence-electron chi connectivity index (χ4n) is 6.25. The van der Waals surface area contributed by atoms with Crippen LogP contribution < -0.4 is 0 Å². The van der Waals surface area contributed by atoms with Crippen LogP contribution in [-0.4, -0.2) is 52.6 Å². The summed E-state index contributed by atoms with van der Waals surface area (Å²) in [7, 11) is 1.28. The van der Waals surface area contributed by atoms with Crippen molar-refractivity contribution in [1.29, 1.82) is 0 Å². The van der Waals surface area contributed by atoms with Crippen LogP contribution in [0, 0.1) is 16.7 Å². The zero-order valence-electron chi connectivity index (χ0n) is 26.0. The fraction of sp³-hybridized carbons (Fsp3) is 0.806. The van der Waals surface area contributed by atoms with Crippen molar-refractivity contribution in [2.24, 2.45) is 16.7 Å². The second-order valence-electron chi connectivity index (χ2n) is 13.4. The number of methoxy groups -OCH3 is 2. The number of carbonyl (C=O) groups is 2. The van der Waals surface area contributed by atoms with Gasteiger partial charge in [-0.15, -0.1) is 0 Å². The predicted octanol–water partition coefficient (Wildman–Crippen LogP) is 8.89. The third-order valence-corrected chi connectivity index (χ3v) is 25.6. The van der Waals surface area contributed by atoms with Crippen LogP contribution in [0.1, 0.15) is 92.4 Å². The molecule has 1 unspecified atom stereocenters. The van der Waals surface area contributed by atoms with Crippen LogP contribution in [0.4, 0.5) is 0 Å². The minimum absolute atomic E-state index is 0.106. The summed E-state index contributed by atoms with van der Waals surface area (Å²) in [6.45, 7) is 23.1. The van der Waals surface area contributed by atoms with Gasteiger partial charge in [0, 0.05) is 0 Å². The van der Waals surface area contributed by atoms with E-state index < -0.39 is 43.8 Å². The summed E-state index contributed by atoms with van der Waals surface area (Å²) in [6.07, 6.45) is 9.36. The van der Waals surface area contributed by atoms with E-state index >= 15 is 0 Å². The van der Waals surface area contributed by atoms with Gasteiger partial charge in [-0.3, -0.25) is 0 Å². The molecule has 0 aromatic rings. The Morgan fingerprint density at radius 1 is 0.973 bits per heavy atom. The fourth-order valence-corrected chi connectivity index (χ4v) is 22.8. The van der Waals surface area contributed by atoms with Gasteiger partial charge in [-0.25, -0.2) is 0 Å². The van der Waals surface area contributed by atoms with Gasteiger partial charge in [-0.1, -0.05) is 0 Å². The second-order valence-corrected chi connectivity index (χ2v) is 31.5. The monoisotopic (exact) mass is 642 g/mol. The van der Waals surface area contributed by atoms with E-state index in [1.807, 2.05) is 0 Å². The maximum absolute atomic E-state index is 13.3. The molecule has 1 rings (SSSR count).